The lowest BCUT2D eigenvalue weighted by atomic mass is 10.0. The van der Waals surface area contributed by atoms with Crippen LogP contribution in [0.1, 0.15) is 5.56 Å². The van der Waals surface area contributed by atoms with E-state index < -0.39 is 0 Å². The predicted molar refractivity (Wildman–Crippen MR) is 191 cm³/mol. The van der Waals surface area contributed by atoms with E-state index >= 15 is 0 Å². The van der Waals surface area contributed by atoms with E-state index in [-0.39, 0.29) is 0 Å². The molecule has 0 aliphatic carbocycles. The number of fused-ring (bicyclic) bond motifs is 6. The third kappa shape index (κ3) is 4.11. The number of para-hydroxylation sites is 2. The molecule has 0 N–H and O–H groups in total. The fourth-order valence-electron chi connectivity index (χ4n) is 7.05. The molecule has 9 aromatic rings. The Bertz CT molecular complexity index is 2530. The molecule has 2 aromatic heterocycles. The van der Waals surface area contributed by atoms with Gasteiger partial charge in [-0.25, -0.2) is 0 Å². The van der Waals surface area contributed by atoms with Crippen LogP contribution in [0.3, 0.4) is 0 Å². The van der Waals surface area contributed by atoms with Gasteiger partial charge in [-0.15, -0.1) is 0 Å². The first kappa shape index (κ1) is 25.6. The number of hydrogen-bond acceptors (Lipinski definition) is 0. The van der Waals surface area contributed by atoms with Gasteiger partial charge in [-0.1, -0.05) is 103 Å². The van der Waals surface area contributed by atoms with Gasteiger partial charge in [-0.3, -0.25) is 0 Å². The largest absolute Gasteiger partial charge is 0.309 e. The molecule has 0 amide bonds. The average molecular weight is 575 g/mol. The number of hydrogen-bond donors (Lipinski definition) is 0. The highest BCUT2D eigenvalue weighted by Crippen LogP contribution is 2.38. The number of benzene rings is 7. The van der Waals surface area contributed by atoms with Crippen molar-refractivity contribution in [2.24, 2.45) is 0 Å². The number of aryl methyl sites for hydroxylation is 1. The minimum Gasteiger partial charge on any atom is -0.309 e. The molecular formula is C43H30N2. The highest BCUT2D eigenvalue weighted by molar-refractivity contribution is 6.12. The van der Waals surface area contributed by atoms with Crippen LogP contribution in [0.25, 0.3) is 77.2 Å². The second kappa shape index (κ2) is 10.1. The van der Waals surface area contributed by atoms with E-state index in [2.05, 4.69) is 180 Å². The normalized spacial score (nSPS) is 11.7. The van der Waals surface area contributed by atoms with Crippen LogP contribution in [0.2, 0.25) is 0 Å². The quantitative estimate of drug-likeness (QED) is 0.198. The molecule has 0 spiro atoms. The van der Waals surface area contributed by atoms with E-state index in [4.69, 9.17) is 0 Å². The fourth-order valence-corrected chi connectivity index (χ4v) is 7.05. The highest BCUT2D eigenvalue weighted by Gasteiger charge is 2.16. The molecular weight excluding hydrogens is 544 g/mol. The summed E-state index contributed by atoms with van der Waals surface area (Å²) in [5.41, 5.74) is 13.4. The summed E-state index contributed by atoms with van der Waals surface area (Å²) >= 11 is 0. The van der Waals surface area contributed by atoms with Crippen molar-refractivity contribution in [3.05, 3.63) is 169 Å². The van der Waals surface area contributed by atoms with Crippen molar-refractivity contribution < 1.29 is 0 Å². The van der Waals surface area contributed by atoms with Crippen molar-refractivity contribution in [3.8, 4) is 33.6 Å². The molecule has 2 nitrogen and oxygen atoms in total. The predicted octanol–water partition coefficient (Wildman–Crippen LogP) is 11.5. The van der Waals surface area contributed by atoms with E-state index in [0.29, 0.717) is 0 Å². The Labute approximate surface area is 262 Å². The maximum Gasteiger partial charge on any atom is 0.0543 e. The van der Waals surface area contributed by atoms with Gasteiger partial charge in [0.2, 0.25) is 0 Å². The van der Waals surface area contributed by atoms with Crippen molar-refractivity contribution in [1.82, 2.24) is 9.13 Å². The summed E-state index contributed by atoms with van der Waals surface area (Å²) in [5.74, 6) is 0. The van der Waals surface area contributed by atoms with Crippen molar-refractivity contribution in [3.63, 3.8) is 0 Å². The lowest BCUT2D eigenvalue weighted by Gasteiger charge is -2.11. The standard InChI is InChI=1S/C43H30N2/c1-29-19-22-37-39-28-33(21-24-42(39)45(43(37)25-29)35-16-10-13-31(26-35)30-11-4-2-5-12-30)32-20-23-41-38(27-32)36-17-8-9-18-40(36)44(41)34-14-6-3-7-15-34/h2-28H,1H3. The van der Waals surface area contributed by atoms with Crippen LogP contribution in [-0.2, 0) is 0 Å². The van der Waals surface area contributed by atoms with Crippen LogP contribution in [0.15, 0.2) is 164 Å². The Morgan fingerprint density at radius 1 is 0.311 bits per heavy atom. The van der Waals surface area contributed by atoms with Gasteiger partial charge in [0, 0.05) is 32.9 Å². The first-order chi connectivity index (χ1) is 22.2. The summed E-state index contributed by atoms with van der Waals surface area (Å²) in [4.78, 5) is 0. The van der Waals surface area contributed by atoms with Crippen LogP contribution in [-0.4, -0.2) is 9.13 Å². The molecule has 45 heavy (non-hydrogen) atoms. The molecule has 0 fully saturated rings. The van der Waals surface area contributed by atoms with Gasteiger partial charge in [0.25, 0.3) is 0 Å². The first-order valence-corrected chi connectivity index (χ1v) is 15.5. The molecule has 0 radical (unpaired) electrons. The highest BCUT2D eigenvalue weighted by atomic mass is 15.0. The number of nitrogens with zero attached hydrogens (tertiary/aromatic N) is 2. The minimum atomic E-state index is 1.17. The zero-order valence-electron chi connectivity index (χ0n) is 25.0. The van der Waals surface area contributed by atoms with Crippen LogP contribution in [0.5, 0.6) is 0 Å². The van der Waals surface area contributed by atoms with Gasteiger partial charge >= 0.3 is 0 Å². The summed E-state index contributed by atoms with van der Waals surface area (Å²) in [6, 6.07) is 59.6. The van der Waals surface area contributed by atoms with Crippen LogP contribution in [0.4, 0.5) is 0 Å². The van der Waals surface area contributed by atoms with Crippen molar-refractivity contribution in [2.75, 3.05) is 0 Å². The Kier molecular flexibility index (Phi) is 5.76. The van der Waals surface area contributed by atoms with Gasteiger partial charge in [0.05, 0.1) is 22.1 Å². The molecule has 212 valence electrons. The third-order valence-electron chi connectivity index (χ3n) is 9.15. The monoisotopic (exact) mass is 574 g/mol. The maximum absolute atomic E-state index is 2.42. The van der Waals surface area contributed by atoms with Crippen LogP contribution >= 0.6 is 0 Å². The first-order valence-electron chi connectivity index (χ1n) is 15.5. The molecule has 0 bridgehead atoms. The van der Waals surface area contributed by atoms with E-state index in [0.717, 1.165) is 0 Å². The van der Waals surface area contributed by atoms with Crippen molar-refractivity contribution in [1.29, 1.82) is 0 Å². The Morgan fingerprint density at radius 3 is 1.58 bits per heavy atom. The van der Waals surface area contributed by atoms with Crippen molar-refractivity contribution >= 4 is 43.6 Å². The summed E-state index contributed by atoms with van der Waals surface area (Å²) < 4.78 is 4.79. The Balaban J connectivity index is 1.24. The fraction of sp³-hybridized carbons (Fsp3) is 0.0233. The summed E-state index contributed by atoms with van der Waals surface area (Å²) in [6.45, 7) is 2.17. The molecule has 0 atom stereocenters. The zero-order valence-corrected chi connectivity index (χ0v) is 25.0. The molecule has 0 unspecified atom stereocenters. The lowest BCUT2D eigenvalue weighted by molar-refractivity contribution is 1.18. The molecule has 2 heterocycles. The Hall–Kier alpha value is -5.86. The van der Waals surface area contributed by atoms with E-state index in [1.54, 1.807) is 0 Å². The van der Waals surface area contributed by atoms with E-state index in [9.17, 15) is 0 Å². The smallest absolute Gasteiger partial charge is 0.0543 e. The second-order valence-corrected chi connectivity index (χ2v) is 11.9. The number of rotatable bonds is 4. The van der Waals surface area contributed by atoms with E-state index in [1.807, 2.05) is 0 Å². The SMILES string of the molecule is Cc1ccc2c3cc(-c4ccc5c(c4)c4ccccc4n5-c4ccccc4)ccc3n(-c3cccc(-c4ccccc4)c3)c2c1. The maximum atomic E-state index is 2.42. The van der Waals surface area contributed by atoms with Crippen molar-refractivity contribution in [2.45, 2.75) is 6.92 Å². The molecule has 0 saturated carbocycles. The zero-order chi connectivity index (χ0) is 29.9. The van der Waals surface area contributed by atoms with Gasteiger partial charge in [-0.05, 0) is 95.4 Å². The topological polar surface area (TPSA) is 9.86 Å². The lowest BCUT2D eigenvalue weighted by Crippen LogP contribution is -1.94. The Morgan fingerprint density at radius 2 is 0.844 bits per heavy atom. The van der Waals surface area contributed by atoms with Gasteiger partial charge in [0.15, 0.2) is 0 Å². The van der Waals surface area contributed by atoms with Gasteiger partial charge in [0.1, 0.15) is 0 Å². The van der Waals surface area contributed by atoms with Crippen LogP contribution < -0.4 is 0 Å². The van der Waals surface area contributed by atoms with Gasteiger partial charge in [-0.2, -0.15) is 0 Å². The molecule has 2 heteroatoms. The molecule has 0 aliphatic heterocycles. The second-order valence-electron chi connectivity index (χ2n) is 11.9. The van der Waals surface area contributed by atoms with Crippen LogP contribution in [0, 0.1) is 6.92 Å². The summed E-state index contributed by atoms with van der Waals surface area (Å²) in [7, 11) is 0. The van der Waals surface area contributed by atoms with E-state index in [1.165, 1.54) is 82.8 Å². The molecule has 7 aromatic carbocycles. The minimum absolute atomic E-state index is 1.17. The summed E-state index contributed by atoms with van der Waals surface area (Å²) in [5, 5.41) is 5.07. The molecule has 0 aliphatic rings. The summed E-state index contributed by atoms with van der Waals surface area (Å²) in [6.07, 6.45) is 0. The number of aromatic nitrogens is 2. The molecule has 9 rings (SSSR count). The average Bonchev–Trinajstić information content (AvgIpc) is 3.60. The molecule has 0 saturated heterocycles. The third-order valence-corrected chi connectivity index (χ3v) is 9.15. The van der Waals surface area contributed by atoms with Gasteiger partial charge < -0.3 is 9.13 Å².